The zero-order valence-corrected chi connectivity index (χ0v) is 11.6. The maximum Gasteiger partial charge on any atom is 0.251 e. The second-order valence-corrected chi connectivity index (χ2v) is 5.45. The molecule has 1 amide bonds. The molecular weight excluding hydrogens is 240 g/mol. The number of piperidine rings is 1. The van der Waals surface area contributed by atoms with Crippen molar-refractivity contribution < 1.29 is 9.90 Å². The van der Waals surface area contributed by atoms with Crippen molar-refractivity contribution >= 4 is 5.91 Å². The molecule has 0 saturated carbocycles. The average molecular weight is 262 g/mol. The molecule has 1 aromatic rings. The van der Waals surface area contributed by atoms with E-state index in [9.17, 15) is 9.90 Å². The lowest BCUT2D eigenvalue weighted by Crippen LogP contribution is -2.49. The Balaban J connectivity index is 1.95. The second kappa shape index (κ2) is 6.06. The number of likely N-dealkylation sites (tertiary alicyclic amines) is 1. The Labute approximate surface area is 114 Å². The Bertz CT molecular complexity index is 446. The molecule has 1 aliphatic rings. The van der Waals surface area contributed by atoms with Gasteiger partial charge in [-0.3, -0.25) is 9.69 Å². The van der Waals surface area contributed by atoms with Crippen molar-refractivity contribution in [2.45, 2.75) is 38.8 Å². The van der Waals surface area contributed by atoms with Crippen molar-refractivity contribution in [3.05, 3.63) is 29.8 Å². The Morgan fingerprint density at radius 1 is 1.47 bits per heavy atom. The normalized spacial score (nSPS) is 20.5. The smallest absolute Gasteiger partial charge is 0.251 e. The minimum absolute atomic E-state index is 0.105. The molecule has 4 nitrogen and oxygen atoms in total. The lowest BCUT2D eigenvalue weighted by Gasteiger charge is -2.35. The van der Waals surface area contributed by atoms with Crippen LogP contribution in [0.25, 0.3) is 0 Å². The summed E-state index contributed by atoms with van der Waals surface area (Å²) in [6.45, 7) is 6.37. The van der Waals surface area contributed by atoms with Crippen LogP contribution in [0.5, 0.6) is 5.75 Å². The van der Waals surface area contributed by atoms with Gasteiger partial charge < -0.3 is 10.4 Å². The van der Waals surface area contributed by atoms with E-state index in [-0.39, 0.29) is 17.7 Å². The minimum Gasteiger partial charge on any atom is -0.508 e. The van der Waals surface area contributed by atoms with Crippen molar-refractivity contribution in [1.82, 2.24) is 10.2 Å². The molecule has 2 N–H and O–H groups in total. The zero-order chi connectivity index (χ0) is 13.8. The van der Waals surface area contributed by atoms with Gasteiger partial charge in [0.15, 0.2) is 0 Å². The van der Waals surface area contributed by atoms with Gasteiger partial charge in [0, 0.05) is 24.2 Å². The van der Waals surface area contributed by atoms with Crippen LogP contribution in [0.1, 0.15) is 37.0 Å². The molecule has 19 heavy (non-hydrogen) atoms. The summed E-state index contributed by atoms with van der Waals surface area (Å²) in [4.78, 5) is 14.5. The number of phenols is 1. The van der Waals surface area contributed by atoms with Crippen LogP contribution < -0.4 is 5.32 Å². The summed E-state index contributed by atoms with van der Waals surface area (Å²) in [5.41, 5.74) is 0.515. The summed E-state index contributed by atoms with van der Waals surface area (Å²) in [5.74, 6) is 0.0200. The highest BCUT2D eigenvalue weighted by atomic mass is 16.3. The molecule has 104 valence electrons. The number of aromatic hydroxyl groups is 1. The number of rotatable bonds is 3. The molecule has 1 atom stereocenters. The largest absolute Gasteiger partial charge is 0.508 e. The van der Waals surface area contributed by atoms with Gasteiger partial charge in [-0.2, -0.15) is 0 Å². The van der Waals surface area contributed by atoms with E-state index in [4.69, 9.17) is 0 Å². The van der Waals surface area contributed by atoms with Crippen LogP contribution in [0.4, 0.5) is 0 Å². The standard InChI is InChI=1S/C15H22N2O2/c1-11(2)17-8-4-6-13(10-17)16-15(19)12-5-3-7-14(18)9-12/h3,5,7,9,11,13,18H,4,6,8,10H2,1-2H3,(H,16,19)/t13-/m1/s1. The first-order valence-electron chi connectivity index (χ1n) is 6.90. The van der Waals surface area contributed by atoms with Crippen molar-refractivity contribution in [3.8, 4) is 5.75 Å². The highest BCUT2D eigenvalue weighted by molar-refractivity contribution is 5.94. The van der Waals surface area contributed by atoms with E-state index in [1.165, 1.54) is 6.07 Å². The van der Waals surface area contributed by atoms with Crippen LogP contribution in [-0.4, -0.2) is 41.1 Å². The summed E-state index contributed by atoms with van der Waals surface area (Å²) in [6, 6.07) is 7.19. The van der Waals surface area contributed by atoms with Gasteiger partial charge in [0.05, 0.1) is 0 Å². The average Bonchev–Trinajstić information content (AvgIpc) is 2.39. The van der Waals surface area contributed by atoms with Gasteiger partial charge in [-0.05, 0) is 51.4 Å². The van der Waals surface area contributed by atoms with Crippen LogP contribution in [0.2, 0.25) is 0 Å². The lowest BCUT2D eigenvalue weighted by atomic mass is 10.0. The van der Waals surface area contributed by atoms with Gasteiger partial charge in [0.1, 0.15) is 5.75 Å². The van der Waals surface area contributed by atoms with Gasteiger partial charge in [0.2, 0.25) is 0 Å². The molecular formula is C15H22N2O2. The molecule has 0 unspecified atom stereocenters. The first kappa shape index (κ1) is 13.9. The van der Waals surface area contributed by atoms with E-state index in [1.807, 2.05) is 0 Å². The monoisotopic (exact) mass is 262 g/mol. The fourth-order valence-electron chi connectivity index (χ4n) is 2.51. The molecule has 1 aliphatic heterocycles. The number of hydrogen-bond acceptors (Lipinski definition) is 3. The Morgan fingerprint density at radius 3 is 2.95 bits per heavy atom. The summed E-state index contributed by atoms with van der Waals surface area (Å²) >= 11 is 0. The van der Waals surface area contributed by atoms with Crippen molar-refractivity contribution in [2.75, 3.05) is 13.1 Å². The van der Waals surface area contributed by atoms with Crippen molar-refractivity contribution in [3.63, 3.8) is 0 Å². The first-order chi connectivity index (χ1) is 9.06. The van der Waals surface area contributed by atoms with Crippen molar-refractivity contribution in [2.24, 2.45) is 0 Å². The zero-order valence-electron chi connectivity index (χ0n) is 11.6. The fraction of sp³-hybridized carbons (Fsp3) is 0.533. The van der Waals surface area contributed by atoms with Crippen LogP contribution in [0.15, 0.2) is 24.3 Å². The number of carbonyl (C=O) groups excluding carboxylic acids is 1. The molecule has 0 radical (unpaired) electrons. The molecule has 0 bridgehead atoms. The first-order valence-corrected chi connectivity index (χ1v) is 6.90. The maximum absolute atomic E-state index is 12.1. The SMILES string of the molecule is CC(C)N1CCC[C@@H](NC(=O)c2cccc(O)c2)C1. The van der Waals surface area contributed by atoms with E-state index in [0.29, 0.717) is 11.6 Å². The van der Waals surface area contributed by atoms with E-state index < -0.39 is 0 Å². The number of nitrogens with zero attached hydrogens (tertiary/aromatic N) is 1. The Morgan fingerprint density at radius 2 is 2.26 bits per heavy atom. The molecule has 0 spiro atoms. The third-order valence-corrected chi connectivity index (χ3v) is 3.63. The van der Waals surface area contributed by atoms with Gasteiger partial charge in [-0.1, -0.05) is 6.07 Å². The summed E-state index contributed by atoms with van der Waals surface area (Å²) in [7, 11) is 0. The lowest BCUT2D eigenvalue weighted by molar-refractivity contribution is 0.0886. The topological polar surface area (TPSA) is 52.6 Å². The molecule has 2 rings (SSSR count). The van der Waals surface area contributed by atoms with E-state index in [2.05, 4.69) is 24.1 Å². The maximum atomic E-state index is 12.1. The highest BCUT2D eigenvalue weighted by Crippen LogP contribution is 2.15. The van der Waals surface area contributed by atoms with Crippen LogP contribution in [0, 0.1) is 0 Å². The van der Waals surface area contributed by atoms with Gasteiger partial charge in [-0.25, -0.2) is 0 Å². The van der Waals surface area contributed by atoms with E-state index in [1.54, 1.807) is 18.2 Å². The number of carbonyl (C=O) groups is 1. The minimum atomic E-state index is -0.105. The summed E-state index contributed by atoms with van der Waals surface area (Å²) in [6.07, 6.45) is 2.14. The van der Waals surface area contributed by atoms with Gasteiger partial charge in [0.25, 0.3) is 5.91 Å². The van der Waals surface area contributed by atoms with E-state index >= 15 is 0 Å². The Hall–Kier alpha value is -1.55. The molecule has 1 aromatic carbocycles. The molecule has 4 heteroatoms. The van der Waals surface area contributed by atoms with Gasteiger partial charge >= 0.3 is 0 Å². The molecule has 0 aliphatic carbocycles. The van der Waals surface area contributed by atoms with Crippen LogP contribution in [0.3, 0.4) is 0 Å². The quantitative estimate of drug-likeness (QED) is 0.876. The third kappa shape index (κ3) is 3.70. The molecule has 1 heterocycles. The number of nitrogens with one attached hydrogen (secondary N) is 1. The predicted molar refractivity (Wildman–Crippen MR) is 75.3 cm³/mol. The number of benzene rings is 1. The summed E-state index contributed by atoms with van der Waals surface area (Å²) < 4.78 is 0. The second-order valence-electron chi connectivity index (χ2n) is 5.45. The number of phenolic OH excluding ortho intramolecular Hbond substituents is 1. The summed E-state index contributed by atoms with van der Waals surface area (Å²) in [5, 5.41) is 12.4. The fourth-order valence-corrected chi connectivity index (χ4v) is 2.51. The highest BCUT2D eigenvalue weighted by Gasteiger charge is 2.23. The number of hydrogen-bond donors (Lipinski definition) is 2. The van der Waals surface area contributed by atoms with E-state index in [0.717, 1.165) is 25.9 Å². The third-order valence-electron chi connectivity index (χ3n) is 3.63. The van der Waals surface area contributed by atoms with Gasteiger partial charge in [-0.15, -0.1) is 0 Å². The number of amides is 1. The molecule has 1 fully saturated rings. The van der Waals surface area contributed by atoms with Crippen LogP contribution in [-0.2, 0) is 0 Å². The van der Waals surface area contributed by atoms with Crippen molar-refractivity contribution in [1.29, 1.82) is 0 Å². The van der Waals surface area contributed by atoms with Crippen LogP contribution >= 0.6 is 0 Å². The predicted octanol–water partition coefficient (Wildman–Crippen LogP) is 1.99. The molecule has 1 saturated heterocycles. The Kier molecular flexibility index (Phi) is 4.43. The molecule has 0 aromatic heterocycles.